The van der Waals surface area contributed by atoms with Crippen molar-refractivity contribution < 1.29 is 13.5 Å². The smallest absolute Gasteiger partial charge is 0.177 e. The van der Waals surface area contributed by atoms with Crippen molar-refractivity contribution in [2.24, 2.45) is 5.92 Å². The van der Waals surface area contributed by atoms with Crippen molar-refractivity contribution in [3.63, 3.8) is 0 Å². The molecule has 2 rings (SSSR count). The van der Waals surface area contributed by atoms with E-state index in [0.717, 1.165) is 25.2 Å². The molecular weight excluding hydrogens is 238 g/mol. The van der Waals surface area contributed by atoms with Gasteiger partial charge in [0, 0.05) is 31.9 Å². The minimum Gasteiger partial charge on any atom is -0.396 e. The van der Waals surface area contributed by atoms with Gasteiger partial charge in [-0.1, -0.05) is 12.1 Å². The first kappa shape index (κ1) is 12.4. The molecule has 5 heteroatoms. The summed E-state index contributed by atoms with van der Waals surface area (Å²) in [6.45, 7) is 1.69. The monoisotopic (exact) mass is 255 g/mol. The molecule has 4 nitrogen and oxygen atoms in total. The number of rotatable bonds is 3. The van der Waals surface area contributed by atoms with Crippen molar-refractivity contribution >= 4 is 15.5 Å². The molecule has 1 heterocycles. The highest BCUT2D eigenvalue weighted by molar-refractivity contribution is 7.90. The number of sulfone groups is 1. The van der Waals surface area contributed by atoms with Crippen molar-refractivity contribution in [3.8, 4) is 0 Å². The summed E-state index contributed by atoms with van der Waals surface area (Å²) >= 11 is 0. The number of aliphatic hydroxyl groups excluding tert-OH is 1. The average Bonchev–Trinajstić information content (AvgIpc) is 2.76. The second-order valence-corrected chi connectivity index (χ2v) is 6.51. The molecule has 1 aromatic rings. The molecule has 1 atom stereocenters. The zero-order chi connectivity index (χ0) is 12.5. The van der Waals surface area contributed by atoms with Crippen LogP contribution in [0.4, 0.5) is 5.69 Å². The minimum absolute atomic E-state index is 0.164. The quantitative estimate of drug-likeness (QED) is 0.872. The molecule has 1 aliphatic heterocycles. The Balaban J connectivity index is 2.34. The van der Waals surface area contributed by atoms with E-state index in [0.29, 0.717) is 4.90 Å². The SMILES string of the molecule is CS(=O)(=O)c1ccccc1N1CCC(CO)C1. The van der Waals surface area contributed by atoms with E-state index >= 15 is 0 Å². The number of aliphatic hydroxyl groups is 1. The molecule has 0 spiro atoms. The standard InChI is InChI=1S/C12H17NO3S/c1-17(15,16)12-5-3-2-4-11(12)13-7-6-10(8-13)9-14/h2-5,10,14H,6-9H2,1H3. The molecular formula is C12H17NO3S. The molecule has 0 amide bonds. The van der Waals surface area contributed by atoms with Gasteiger partial charge in [-0.15, -0.1) is 0 Å². The Morgan fingerprint density at radius 3 is 2.71 bits per heavy atom. The summed E-state index contributed by atoms with van der Waals surface area (Å²) in [5.41, 5.74) is 0.756. The van der Waals surface area contributed by atoms with Crippen molar-refractivity contribution in [1.29, 1.82) is 0 Å². The lowest BCUT2D eigenvalue weighted by Crippen LogP contribution is -2.22. The summed E-state index contributed by atoms with van der Waals surface area (Å²) in [6.07, 6.45) is 2.14. The van der Waals surface area contributed by atoms with E-state index < -0.39 is 9.84 Å². The fourth-order valence-corrected chi connectivity index (χ4v) is 3.14. The van der Waals surface area contributed by atoms with Crippen LogP contribution in [0.25, 0.3) is 0 Å². The van der Waals surface area contributed by atoms with Crippen LogP contribution in [-0.4, -0.2) is 39.5 Å². The van der Waals surface area contributed by atoms with Gasteiger partial charge in [0.15, 0.2) is 9.84 Å². The fraction of sp³-hybridized carbons (Fsp3) is 0.500. The van der Waals surface area contributed by atoms with Gasteiger partial charge in [-0.25, -0.2) is 8.42 Å². The molecule has 1 fully saturated rings. The number of nitrogens with zero attached hydrogens (tertiary/aromatic N) is 1. The van der Waals surface area contributed by atoms with Gasteiger partial charge in [0.1, 0.15) is 0 Å². The molecule has 1 N–H and O–H groups in total. The Bertz CT molecular complexity index is 498. The summed E-state index contributed by atoms with van der Waals surface area (Å²) in [5, 5.41) is 9.11. The molecule has 0 aromatic heterocycles. The topological polar surface area (TPSA) is 57.6 Å². The van der Waals surface area contributed by atoms with E-state index in [1.807, 2.05) is 17.0 Å². The second-order valence-electron chi connectivity index (χ2n) is 4.52. The highest BCUT2D eigenvalue weighted by Crippen LogP contribution is 2.29. The van der Waals surface area contributed by atoms with Gasteiger partial charge in [-0.2, -0.15) is 0 Å². The third-order valence-corrected chi connectivity index (χ3v) is 4.29. The highest BCUT2D eigenvalue weighted by Gasteiger charge is 2.25. The third-order valence-electron chi connectivity index (χ3n) is 3.15. The van der Waals surface area contributed by atoms with Gasteiger partial charge in [0.25, 0.3) is 0 Å². The Kier molecular flexibility index (Phi) is 3.40. The summed E-state index contributed by atoms with van der Waals surface area (Å²) < 4.78 is 23.4. The molecule has 1 unspecified atom stereocenters. The van der Waals surface area contributed by atoms with Crippen molar-refractivity contribution in [2.75, 3.05) is 30.9 Å². The maximum Gasteiger partial charge on any atom is 0.177 e. The minimum atomic E-state index is -3.20. The zero-order valence-electron chi connectivity index (χ0n) is 9.83. The van der Waals surface area contributed by atoms with Crippen LogP contribution in [0.3, 0.4) is 0 Å². The van der Waals surface area contributed by atoms with E-state index in [9.17, 15) is 8.42 Å². The molecule has 17 heavy (non-hydrogen) atoms. The summed E-state index contributed by atoms with van der Waals surface area (Å²) in [5.74, 6) is 0.252. The fourth-order valence-electron chi connectivity index (χ4n) is 2.23. The predicted molar refractivity (Wildman–Crippen MR) is 67.0 cm³/mol. The van der Waals surface area contributed by atoms with Gasteiger partial charge in [-0.05, 0) is 18.6 Å². The zero-order valence-corrected chi connectivity index (χ0v) is 10.7. The summed E-state index contributed by atoms with van der Waals surface area (Å²) in [6, 6.07) is 7.04. The molecule has 1 aromatic carbocycles. The van der Waals surface area contributed by atoms with E-state index in [-0.39, 0.29) is 12.5 Å². The van der Waals surface area contributed by atoms with Crippen molar-refractivity contribution in [2.45, 2.75) is 11.3 Å². The van der Waals surface area contributed by atoms with Crippen molar-refractivity contribution in [3.05, 3.63) is 24.3 Å². The van der Waals surface area contributed by atoms with Crippen LogP contribution in [0.5, 0.6) is 0 Å². The van der Waals surface area contributed by atoms with Crippen LogP contribution in [-0.2, 0) is 9.84 Å². The Morgan fingerprint density at radius 1 is 1.41 bits per heavy atom. The van der Waals surface area contributed by atoms with Gasteiger partial charge in [-0.3, -0.25) is 0 Å². The highest BCUT2D eigenvalue weighted by atomic mass is 32.2. The number of para-hydroxylation sites is 1. The lowest BCUT2D eigenvalue weighted by molar-refractivity contribution is 0.238. The van der Waals surface area contributed by atoms with E-state index in [1.165, 1.54) is 6.26 Å². The molecule has 0 bridgehead atoms. The molecule has 0 aliphatic carbocycles. The second kappa shape index (κ2) is 4.66. The van der Waals surface area contributed by atoms with Crippen molar-refractivity contribution in [1.82, 2.24) is 0 Å². The van der Waals surface area contributed by atoms with Crippen LogP contribution < -0.4 is 4.90 Å². The van der Waals surface area contributed by atoms with Crippen LogP contribution in [0, 0.1) is 5.92 Å². The average molecular weight is 255 g/mol. The van der Waals surface area contributed by atoms with Gasteiger partial charge in [0.05, 0.1) is 10.6 Å². The van der Waals surface area contributed by atoms with Gasteiger partial charge in [0.2, 0.25) is 0 Å². The van der Waals surface area contributed by atoms with E-state index in [2.05, 4.69) is 0 Å². The Labute approximate surface area is 102 Å². The normalized spacial score (nSPS) is 20.8. The molecule has 1 saturated heterocycles. The maximum atomic E-state index is 11.7. The Morgan fingerprint density at radius 2 is 2.12 bits per heavy atom. The first-order valence-electron chi connectivity index (χ1n) is 5.67. The van der Waals surface area contributed by atoms with Crippen LogP contribution in [0.15, 0.2) is 29.2 Å². The van der Waals surface area contributed by atoms with Gasteiger partial charge >= 0.3 is 0 Å². The number of hydrogen-bond donors (Lipinski definition) is 1. The molecule has 94 valence electrons. The lowest BCUT2D eigenvalue weighted by atomic mass is 10.1. The number of benzene rings is 1. The molecule has 1 aliphatic rings. The molecule has 0 saturated carbocycles. The van der Waals surface area contributed by atoms with Crippen LogP contribution >= 0.6 is 0 Å². The van der Waals surface area contributed by atoms with E-state index in [1.54, 1.807) is 12.1 Å². The van der Waals surface area contributed by atoms with Crippen LogP contribution in [0.2, 0.25) is 0 Å². The van der Waals surface area contributed by atoms with Crippen LogP contribution in [0.1, 0.15) is 6.42 Å². The van der Waals surface area contributed by atoms with E-state index in [4.69, 9.17) is 5.11 Å². The summed E-state index contributed by atoms with van der Waals surface area (Å²) in [7, 11) is -3.20. The number of anilines is 1. The third kappa shape index (κ3) is 2.61. The maximum absolute atomic E-state index is 11.7. The predicted octanol–water partition coefficient (Wildman–Crippen LogP) is 0.909. The largest absolute Gasteiger partial charge is 0.396 e. The summed E-state index contributed by atoms with van der Waals surface area (Å²) in [4.78, 5) is 2.41. The first-order valence-corrected chi connectivity index (χ1v) is 7.56. The first-order chi connectivity index (χ1) is 8.02. The Hall–Kier alpha value is -1.07. The number of hydrogen-bond acceptors (Lipinski definition) is 4. The lowest BCUT2D eigenvalue weighted by Gasteiger charge is -2.21. The van der Waals surface area contributed by atoms with Gasteiger partial charge < -0.3 is 10.0 Å². The molecule has 0 radical (unpaired) electrons.